The number of benzene rings is 2. The summed E-state index contributed by atoms with van der Waals surface area (Å²) < 4.78 is 28.4. The zero-order chi connectivity index (χ0) is 16.9. The molecule has 2 rings (SSSR count). The van der Waals surface area contributed by atoms with Gasteiger partial charge in [-0.25, -0.2) is 0 Å². The van der Waals surface area contributed by atoms with Crippen molar-refractivity contribution in [3.05, 3.63) is 77.4 Å². The molecule has 0 saturated carbocycles. The zero-order valence-corrected chi connectivity index (χ0v) is 12.6. The normalized spacial score (nSPS) is 11.8. The molecule has 2 aromatic rings. The van der Waals surface area contributed by atoms with Gasteiger partial charge >= 0.3 is 5.92 Å². The van der Waals surface area contributed by atoms with Crippen molar-refractivity contribution >= 4 is 11.4 Å². The highest BCUT2D eigenvalue weighted by Crippen LogP contribution is 2.26. The molecule has 4 heteroatoms. The van der Waals surface area contributed by atoms with Gasteiger partial charge in [0.1, 0.15) is 0 Å². The van der Waals surface area contributed by atoms with Crippen LogP contribution in [0.25, 0.3) is 5.57 Å². The zero-order valence-electron chi connectivity index (χ0n) is 12.6. The number of nitrogens with zero attached hydrogens (tertiary/aromatic N) is 1. The average molecular weight is 311 g/mol. The van der Waals surface area contributed by atoms with Crippen LogP contribution in [0.3, 0.4) is 0 Å². The summed E-state index contributed by atoms with van der Waals surface area (Å²) in [7, 11) is 0. The number of carbonyl (C=O) groups is 1. The fourth-order valence-corrected chi connectivity index (χ4v) is 2.13. The molecular weight excluding hydrogens is 296 g/mol. The molecule has 2 nitrogen and oxygen atoms in total. The maximum Gasteiger partial charge on any atom is 0.329 e. The average Bonchev–Trinajstić information content (AvgIpc) is 2.60. The first kappa shape index (κ1) is 16.6. The number of halogens is 2. The summed E-state index contributed by atoms with van der Waals surface area (Å²) in [6.07, 6.45) is 1.25. The van der Waals surface area contributed by atoms with Crippen LogP contribution >= 0.6 is 0 Å². The van der Waals surface area contributed by atoms with Crippen molar-refractivity contribution < 1.29 is 13.6 Å². The number of rotatable bonds is 5. The summed E-state index contributed by atoms with van der Waals surface area (Å²) in [6.45, 7) is 1.97. The van der Waals surface area contributed by atoms with Gasteiger partial charge in [0.2, 0.25) is 5.78 Å². The van der Waals surface area contributed by atoms with E-state index >= 15 is 0 Å². The molecule has 0 N–H and O–H groups in total. The summed E-state index contributed by atoms with van der Waals surface area (Å²) in [5.41, 5.74) is 1.10. The van der Waals surface area contributed by atoms with E-state index < -0.39 is 11.7 Å². The number of nitriles is 1. The van der Waals surface area contributed by atoms with Crippen LogP contribution in [0.15, 0.2) is 60.7 Å². The van der Waals surface area contributed by atoms with E-state index in [2.05, 4.69) is 0 Å². The number of Topliss-reactive ketones (excluding diaryl/α,β-unsaturated/α-hetero) is 1. The van der Waals surface area contributed by atoms with Crippen LogP contribution in [0.4, 0.5) is 8.78 Å². The van der Waals surface area contributed by atoms with E-state index in [1.807, 2.05) is 6.92 Å². The minimum atomic E-state index is -3.74. The number of carbonyl (C=O) groups excluding carboxylic acids is 1. The minimum absolute atomic E-state index is 0.0904. The third kappa shape index (κ3) is 3.89. The van der Waals surface area contributed by atoms with E-state index in [1.54, 1.807) is 36.4 Å². The lowest BCUT2D eigenvalue weighted by molar-refractivity contribution is 0.0384. The number of hydrogen-bond acceptors (Lipinski definition) is 2. The first-order chi connectivity index (χ1) is 11.0. The van der Waals surface area contributed by atoms with Crippen molar-refractivity contribution in [2.24, 2.45) is 0 Å². The Morgan fingerprint density at radius 2 is 1.70 bits per heavy atom. The standard InChI is InChI=1S/C19H15F2NO/c1-2-14-8-10-15(11-9-14)17(13-22)12-19(20,21)18(23)16-6-4-3-5-7-16/h3-12H,2H2,1H3/b17-12-. The largest absolute Gasteiger partial charge is 0.329 e. The van der Waals surface area contributed by atoms with Crippen molar-refractivity contribution in [2.45, 2.75) is 19.3 Å². The monoisotopic (exact) mass is 311 g/mol. The molecular formula is C19H15F2NO. The first-order valence-corrected chi connectivity index (χ1v) is 7.18. The van der Waals surface area contributed by atoms with E-state index in [0.29, 0.717) is 11.6 Å². The number of hydrogen-bond donors (Lipinski definition) is 0. The predicted molar refractivity (Wildman–Crippen MR) is 85.1 cm³/mol. The van der Waals surface area contributed by atoms with E-state index in [1.165, 1.54) is 24.3 Å². The van der Waals surface area contributed by atoms with Crippen molar-refractivity contribution in [2.75, 3.05) is 0 Å². The highest BCUT2D eigenvalue weighted by Gasteiger charge is 2.37. The lowest BCUT2D eigenvalue weighted by Gasteiger charge is -2.12. The second-order valence-corrected chi connectivity index (χ2v) is 5.04. The molecule has 0 radical (unpaired) electrons. The molecule has 0 unspecified atom stereocenters. The number of aryl methyl sites for hydroxylation is 1. The molecule has 0 atom stereocenters. The maximum absolute atomic E-state index is 14.2. The van der Waals surface area contributed by atoms with Gasteiger partial charge in [0, 0.05) is 11.6 Å². The maximum atomic E-state index is 14.2. The molecule has 0 aliphatic rings. The van der Waals surface area contributed by atoms with Gasteiger partial charge in [-0.15, -0.1) is 0 Å². The molecule has 0 aromatic heterocycles. The highest BCUT2D eigenvalue weighted by molar-refractivity contribution is 6.03. The highest BCUT2D eigenvalue weighted by atomic mass is 19.3. The Kier molecular flexibility index (Phi) is 5.02. The van der Waals surface area contributed by atoms with Gasteiger partial charge in [0.15, 0.2) is 0 Å². The molecule has 23 heavy (non-hydrogen) atoms. The van der Waals surface area contributed by atoms with E-state index in [4.69, 9.17) is 5.26 Å². The molecule has 0 saturated heterocycles. The number of ketones is 1. The number of alkyl halides is 2. The molecule has 0 fully saturated rings. The third-order valence-electron chi connectivity index (χ3n) is 3.46. The summed E-state index contributed by atoms with van der Waals surface area (Å²) in [6, 6.07) is 15.8. The molecule has 116 valence electrons. The van der Waals surface area contributed by atoms with Crippen molar-refractivity contribution in [1.82, 2.24) is 0 Å². The van der Waals surface area contributed by atoms with Crippen LogP contribution in [-0.4, -0.2) is 11.7 Å². The molecule has 0 amide bonds. The molecule has 0 aliphatic carbocycles. The first-order valence-electron chi connectivity index (χ1n) is 7.18. The Labute approximate surface area is 133 Å². The molecule has 0 spiro atoms. The van der Waals surface area contributed by atoms with E-state index in [-0.39, 0.29) is 11.1 Å². The van der Waals surface area contributed by atoms with Crippen LogP contribution < -0.4 is 0 Å². The SMILES string of the molecule is CCc1ccc(/C(C#N)=C\C(F)(F)C(=O)c2ccccc2)cc1. The molecule has 0 bridgehead atoms. The van der Waals surface area contributed by atoms with Gasteiger partial charge in [-0.05, 0) is 17.5 Å². The molecule has 0 heterocycles. The van der Waals surface area contributed by atoms with Gasteiger partial charge in [0.05, 0.1) is 11.6 Å². The summed E-state index contributed by atoms with van der Waals surface area (Å²) in [4.78, 5) is 11.9. The lowest BCUT2D eigenvalue weighted by Crippen LogP contribution is -2.26. The Hall–Kier alpha value is -2.80. The Morgan fingerprint density at radius 1 is 1.09 bits per heavy atom. The fourth-order valence-electron chi connectivity index (χ4n) is 2.13. The van der Waals surface area contributed by atoms with Crippen LogP contribution in [-0.2, 0) is 6.42 Å². The Bertz CT molecular complexity index is 756. The van der Waals surface area contributed by atoms with Crippen molar-refractivity contribution in [3.8, 4) is 6.07 Å². The molecule has 0 aliphatic heterocycles. The third-order valence-corrected chi connectivity index (χ3v) is 3.46. The van der Waals surface area contributed by atoms with Gasteiger partial charge in [-0.2, -0.15) is 14.0 Å². The topological polar surface area (TPSA) is 40.9 Å². The molecule has 2 aromatic carbocycles. The number of allylic oxidation sites excluding steroid dienone is 2. The van der Waals surface area contributed by atoms with Gasteiger partial charge in [-0.1, -0.05) is 61.5 Å². The van der Waals surface area contributed by atoms with Gasteiger partial charge in [0.25, 0.3) is 0 Å². The van der Waals surface area contributed by atoms with E-state index in [9.17, 15) is 13.6 Å². The summed E-state index contributed by atoms with van der Waals surface area (Å²) in [5.74, 6) is -5.06. The quantitative estimate of drug-likeness (QED) is 0.594. The van der Waals surface area contributed by atoms with Gasteiger partial charge in [-0.3, -0.25) is 4.79 Å². The van der Waals surface area contributed by atoms with Crippen LogP contribution in [0.1, 0.15) is 28.4 Å². The predicted octanol–water partition coefficient (Wildman–Crippen LogP) is 4.67. The Morgan fingerprint density at radius 3 is 2.22 bits per heavy atom. The summed E-state index contributed by atoms with van der Waals surface area (Å²) >= 11 is 0. The van der Waals surface area contributed by atoms with Crippen molar-refractivity contribution in [1.29, 1.82) is 5.26 Å². The second-order valence-electron chi connectivity index (χ2n) is 5.04. The second kappa shape index (κ2) is 6.97. The smallest absolute Gasteiger partial charge is 0.287 e. The van der Waals surface area contributed by atoms with Crippen LogP contribution in [0.2, 0.25) is 0 Å². The summed E-state index contributed by atoms with van der Waals surface area (Å²) in [5, 5.41) is 9.16. The van der Waals surface area contributed by atoms with Crippen LogP contribution in [0, 0.1) is 11.3 Å². The fraction of sp³-hybridized carbons (Fsp3) is 0.158. The van der Waals surface area contributed by atoms with Gasteiger partial charge < -0.3 is 0 Å². The minimum Gasteiger partial charge on any atom is -0.287 e. The van der Waals surface area contributed by atoms with Crippen molar-refractivity contribution in [3.63, 3.8) is 0 Å². The van der Waals surface area contributed by atoms with E-state index in [0.717, 1.165) is 12.0 Å². The van der Waals surface area contributed by atoms with Crippen LogP contribution in [0.5, 0.6) is 0 Å². The lowest BCUT2D eigenvalue weighted by atomic mass is 9.99. The Balaban J connectivity index is 2.35.